The first-order chi connectivity index (χ1) is 9.58. The molecule has 0 spiro atoms. The van der Waals surface area contributed by atoms with Crippen LogP contribution in [0, 0.1) is 18.3 Å². The van der Waals surface area contributed by atoms with Gasteiger partial charge in [-0.05, 0) is 30.7 Å². The predicted molar refractivity (Wildman–Crippen MR) is 84.5 cm³/mol. The summed E-state index contributed by atoms with van der Waals surface area (Å²) in [5.41, 5.74) is 1.83. The lowest BCUT2D eigenvalue weighted by atomic mass is 9.84. The van der Waals surface area contributed by atoms with E-state index in [0.29, 0.717) is 24.8 Å². The Morgan fingerprint density at radius 2 is 1.95 bits per heavy atom. The molecule has 0 fully saturated rings. The van der Waals surface area contributed by atoms with Crippen molar-refractivity contribution in [2.75, 3.05) is 11.9 Å². The van der Waals surface area contributed by atoms with Gasteiger partial charge in [0, 0.05) is 17.9 Å². The summed E-state index contributed by atoms with van der Waals surface area (Å²) in [7, 11) is 0. The van der Waals surface area contributed by atoms with Gasteiger partial charge >= 0.3 is 5.97 Å². The van der Waals surface area contributed by atoms with Gasteiger partial charge in [-0.25, -0.2) is 9.97 Å². The quantitative estimate of drug-likeness (QED) is 0.840. The maximum Gasteiger partial charge on any atom is 0.308 e. The molecule has 0 radical (unpaired) electrons. The molecule has 0 aliphatic carbocycles. The van der Waals surface area contributed by atoms with Crippen molar-refractivity contribution >= 4 is 11.9 Å². The van der Waals surface area contributed by atoms with Crippen molar-refractivity contribution < 1.29 is 9.90 Å². The molecule has 0 aliphatic heterocycles. The predicted octanol–water partition coefficient (Wildman–Crippen LogP) is 3.46. The molecule has 0 aliphatic rings. The minimum Gasteiger partial charge on any atom is -0.481 e. The molecule has 1 aromatic heterocycles. The highest BCUT2D eigenvalue weighted by Gasteiger charge is 2.24. The fraction of sp³-hybridized carbons (Fsp3) is 0.688. The van der Waals surface area contributed by atoms with Crippen molar-refractivity contribution in [1.29, 1.82) is 0 Å². The molecule has 0 bridgehead atoms. The standard InChI is InChI=1S/C16H27N3O2/c1-10(2)13-7-11(3)18-15(19-13)17-9-12(14(20)21)8-16(4,5)6/h7,10,12H,8-9H2,1-6H3,(H,20,21)(H,17,18,19). The van der Waals surface area contributed by atoms with Crippen LogP contribution in [0.15, 0.2) is 6.07 Å². The number of aryl methyl sites for hydroxylation is 1. The Hall–Kier alpha value is -1.65. The van der Waals surface area contributed by atoms with Crippen molar-refractivity contribution in [1.82, 2.24) is 9.97 Å². The van der Waals surface area contributed by atoms with Gasteiger partial charge in [0.05, 0.1) is 5.92 Å². The monoisotopic (exact) mass is 293 g/mol. The second kappa shape index (κ2) is 6.87. The Morgan fingerprint density at radius 3 is 2.43 bits per heavy atom. The first-order valence-electron chi connectivity index (χ1n) is 7.41. The van der Waals surface area contributed by atoms with Gasteiger partial charge in [0.25, 0.3) is 0 Å². The number of carboxylic acid groups (broad SMARTS) is 1. The highest BCUT2D eigenvalue weighted by Crippen LogP contribution is 2.25. The third-order valence-corrected chi connectivity index (χ3v) is 3.18. The maximum absolute atomic E-state index is 11.4. The molecule has 1 rings (SSSR count). The summed E-state index contributed by atoms with van der Waals surface area (Å²) in [5.74, 6) is -0.401. The summed E-state index contributed by atoms with van der Waals surface area (Å²) in [5, 5.41) is 12.4. The van der Waals surface area contributed by atoms with Gasteiger partial charge in [-0.1, -0.05) is 34.6 Å². The third-order valence-electron chi connectivity index (χ3n) is 3.18. The lowest BCUT2D eigenvalue weighted by Crippen LogP contribution is -2.28. The Balaban J connectivity index is 2.78. The van der Waals surface area contributed by atoms with Gasteiger partial charge in [-0.2, -0.15) is 0 Å². The number of rotatable bonds is 6. The average molecular weight is 293 g/mol. The molecule has 5 heteroatoms. The molecule has 0 aromatic carbocycles. The van der Waals surface area contributed by atoms with E-state index in [9.17, 15) is 9.90 Å². The number of carboxylic acids is 1. The molecule has 118 valence electrons. The van der Waals surface area contributed by atoms with Crippen LogP contribution < -0.4 is 5.32 Å². The van der Waals surface area contributed by atoms with Crippen LogP contribution >= 0.6 is 0 Å². The van der Waals surface area contributed by atoms with Gasteiger partial charge in [0.2, 0.25) is 5.95 Å². The summed E-state index contributed by atoms with van der Waals surface area (Å²) in [6.45, 7) is 12.5. The zero-order valence-corrected chi connectivity index (χ0v) is 13.9. The molecule has 1 unspecified atom stereocenters. The van der Waals surface area contributed by atoms with Crippen molar-refractivity contribution in [2.45, 2.75) is 53.9 Å². The van der Waals surface area contributed by atoms with Crippen LogP contribution in [0.4, 0.5) is 5.95 Å². The molecule has 2 N–H and O–H groups in total. The van der Waals surface area contributed by atoms with Crippen molar-refractivity contribution in [3.63, 3.8) is 0 Å². The van der Waals surface area contributed by atoms with E-state index in [4.69, 9.17) is 0 Å². The van der Waals surface area contributed by atoms with Crippen LogP contribution in [-0.4, -0.2) is 27.6 Å². The highest BCUT2D eigenvalue weighted by molar-refractivity contribution is 5.70. The summed E-state index contributed by atoms with van der Waals surface area (Å²) in [6.07, 6.45) is 0.609. The topological polar surface area (TPSA) is 75.1 Å². The average Bonchev–Trinajstić information content (AvgIpc) is 2.32. The smallest absolute Gasteiger partial charge is 0.308 e. The Bertz CT molecular complexity index is 493. The van der Waals surface area contributed by atoms with Gasteiger partial charge in [-0.15, -0.1) is 0 Å². The number of aliphatic carboxylic acids is 1. The number of anilines is 1. The Morgan fingerprint density at radius 1 is 1.33 bits per heavy atom. The number of aromatic nitrogens is 2. The van der Waals surface area contributed by atoms with Gasteiger partial charge in [0.1, 0.15) is 0 Å². The van der Waals surface area contributed by atoms with E-state index >= 15 is 0 Å². The zero-order chi connectivity index (χ0) is 16.2. The van der Waals surface area contributed by atoms with Crippen LogP contribution in [0.5, 0.6) is 0 Å². The number of nitrogens with one attached hydrogen (secondary N) is 1. The fourth-order valence-corrected chi connectivity index (χ4v) is 2.17. The second-order valence-corrected chi connectivity index (χ2v) is 7.09. The lowest BCUT2D eigenvalue weighted by Gasteiger charge is -2.23. The van der Waals surface area contributed by atoms with Crippen molar-refractivity contribution in [3.05, 3.63) is 17.5 Å². The highest BCUT2D eigenvalue weighted by atomic mass is 16.4. The first-order valence-corrected chi connectivity index (χ1v) is 7.41. The Kier molecular flexibility index (Phi) is 5.70. The van der Waals surface area contributed by atoms with E-state index in [0.717, 1.165) is 11.4 Å². The van der Waals surface area contributed by atoms with E-state index in [1.807, 2.05) is 33.8 Å². The molecule has 21 heavy (non-hydrogen) atoms. The van der Waals surface area contributed by atoms with E-state index in [1.54, 1.807) is 0 Å². The van der Waals surface area contributed by atoms with Crippen LogP contribution in [0.3, 0.4) is 0 Å². The largest absolute Gasteiger partial charge is 0.481 e. The molecule has 1 heterocycles. The summed E-state index contributed by atoms with van der Waals surface area (Å²) >= 11 is 0. The normalized spacial score (nSPS) is 13.3. The van der Waals surface area contributed by atoms with Crippen LogP contribution in [0.2, 0.25) is 0 Å². The second-order valence-electron chi connectivity index (χ2n) is 7.09. The molecule has 5 nitrogen and oxygen atoms in total. The van der Waals surface area contributed by atoms with Crippen LogP contribution in [-0.2, 0) is 4.79 Å². The molecule has 1 atom stereocenters. The number of nitrogens with zero attached hydrogens (tertiary/aromatic N) is 2. The van der Waals surface area contributed by atoms with Gasteiger partial charge in [0.15, 0.2) is 0 Å². The van der Waals surface area contributed by atoms with E-state index in [2.05, 4.69) is 29.1 Å². The minimum absolute atomic E-state index is 0.0265. The molecule has 1 aromatic rings. The fourth-order valence-electron chi connectivity index (χ4n) is 2.17. The summed E-state index contributed by atoms with van der Waals surface area (Å²) in [4.78, 5) is 20.1. The number of hydrogen-bond donors (Lipinski definition) is 2. The van der Waals surface area contributed by atoms with Crippen LogP contribution in [0.25, 0.3) is 0 Å². The number of hydrogen-bond acceptors (Lipinski definition) is 4. The summed E-state index contributed by atoms with van der Waals surface area (Å²) < 4.78 is 0. The van der Waals surface area contributed by atoms with Crippen molar-refractivity contribution in [2.24, 2.45) is 11.3 Å². The Labute approximate surface area is 127 Å². The molecule has 0 amide bonds. The van der Waals surface area contributed by atoms with Crippen molar-refractivity contribution in [3.8, 4) is 0 Å². The number of carbonyl (C=O) groups is 1. The summed E-state index contributed by atoms with van der Waals surface area (Å²) in [6, 6.07) is 1.96. The lowest BCUT2D eigenvalue weighted by molar-refractivity contribution is -0.142. The van der Waals surface area contributed by atoms with E-state index in [-0.39, 0.29) is 5.41 Å². The van der Waals surface area contributed by atoms with E-state index in [1.165, 1.54) is 0 Å². The van der Waals surface area contributed by atoms with Gasteiger partial charge in [-0.3, -0.25) is 4.79 Å². The maximum atomic E-state index is 11.4. The van der Waals surface area contributed by atoms with Crippen LogP contribution in [0.1, 0.15) is 58.3 Å². The third kappa shape index (κ3) is 6.10. The van der Waals surface area contributed by atoms with Gasteiger partial charge < -0.3 is 10.4 Å². The minimum atomic E-state index is -0.783. The van der Waals surface area contributed by atoms with E-state index < -0.39 is 11.9 Å². The molecule has 0 saturated heterocycles. The first kappa shape index (κ1) is 17.4. The zero-order valence-electron chi connectivity index (χ0n) is 13.9. The SMILES string of the molecule is Cc1cc(C(C)C)nc(NCC(CC(C)(C)C)C(=O)O)n1. The molecule has 0 saturated carbocycles. The molecular weight excluding hydrogens is 266 g/mol. The molecular formula is C16H27N3O2.